The highest BCUT2D eigenvalue weighted by Gasteiger charge is 2.73. The molecular weight excluding hydrogens is 1730 g/mol. The Bertz CT molecular complexity index is 4660. The van der Waals surface area contributed by atoms with Gasteiger partial charge in [-0.05, 0) is 135 Å². The van der Waals surface area contributed by atoms with E-state index in [2.05, 4.69) is 85.5 Å². The molecule has 0 spiro atoms. The van der Waals surface area contributed by atoms with Gasteiger partial charge in [-0.25, -0.2) is 14.4 Å². The monoisotopic (exact) mass is 1890 g/mol. The van der Waals surface area contributed by atoms with Gasteiger partial charge in [0.15, 0.2) is 17.3 Å². The molecule has 0 radical (unpaired) electrons. The van der Waals surface area contributed by atoms with E-state index >= 15 is 0 Å². The predicted octanol–water partition coefficient (Wildman–Crippen LogP) is 8.21. The van der Waals surface area contributed by atoms with Gasteiger partial charge in [-0.1, -0.05) is 237 Å². The number of rotatable bonds is 39. The summed E-state index contributed by atoms with van der Waals surface area (Å²) in [4.78, 5) is 246. The molecule has 0 bridgehead atoms. The number of amides is 15. The van der Waals surface area contributed by atoms with E-state index in [-0.39, 0.29) is 119 Å². The van der Waals surface area contributed by atoms with Gasteiger partial charge in [0.25, 0.3) is 17.7 Å². The highest BCUT2D eigenvalue weighted by Crippen LogP contribution is 2.67. The van der Waals surface area contributed by atoms with Crippen LogP contribution in [-0.2, 0) is 67.1 Å². The fraction of sp³-hybridized carbons (Fsp3) is 0.723. The number of nitrogens with one attached hydrogen (secondary N) is 11. The average Bonchev–Trinajstić information content (AvgIpc) is 1.53. The number of nitrogens with two attached hydrogens (primary N) is 1. The molecule has 15 amide bonds. The van der Waals surface area contributed by atoms with Crippen molar-refractivity contribution >= 4 is 112 Å². The third kappa shape index (κ3) is 26.9. The molecule has 9 rings (SSSR count). The summed E-state index contributed by atoms with van der Waals surface area (Å²) in [6, 6.07) is -5.82. The topological polar surface area (TPSA) is 479 Å². The van der Waals surface area contributed by atoms with E-state index in [1.807, 2.05) is 183 Å². The Hall–Kier alpha value is -10.4. The van der Waals surface area contributed by atoms with Gasteiger partial charge in [-0.15, -0.1) is 13.2 Å². The smallest absolute Gasteiger partial charge is 0.316 e. The van der Waals surface area contributed by atoms with Gasteiger partial charge in [0.1, 0.15) is 36.3 Å². The molecule has 18 atom stereocenters. The van der Waals surface area contributed by atoms with Crippen LogP contribution < -0.4 is 69.1 Å². The van der Waals surface area contributed by atoms with Crippen LogP contribution in [0.15, 0.2) is 49.6 Å². The fourth-order valence-electron chi connectivity index (χ4n) is 19.7. The number of fused-ring (bicyclic) bond motifs is 3. The van der Waals surface area contributed by atoms with Gasteiger partial charge < -0.3 is 83.8 Å². The number of likely N-dealkylation sites (tertiary alicyclic amines) is 3. The number of nitrogens with zero attached hydrogens (tertiary/aromatic N) is 4. The average molecular weight is 1890 g/mol. The molecule has 5 saturated carbocycles. The van der Waals surface area contributed by atoms with Crippen LogP contribution in [0.5, 0.6) is 0 Å². The lowest BCUT2D eigenvalue weighted by molar-refractivity contribution is -0.145. The molecule has 0 aromatic heterocycles. The molecule has 3 aliphatic heterocycles. The summed E-state index contributed by atoms with van der Waals surface area (Å²) in [5, 5.41) is 30.2. The van der Waals surface area contributed by atoms with Crippen molar-refractivity contribution in [3.8, 4) is 0 Å². The fourth-order valence-corrected chi connectivity index (χ4v) is 19.7. The van der Waals surface area contributed by atoms with E-state index in [9.17, 15) is 86.3 Å². The number of carbonyl (C=O) groups is 18. The van der Waals surface area contributed by atoms with E-state index in [4.69, 9.17) is 5.73 Å². The zero-order chi connectivity index (χ0) is 102. The third-order valence-corrected chi connectivity index (χ3v) is 28.5. The summed E-state index contributed by atoms with van der Waals surface area (Å²) in [5.74, 6) is -8.58. The quantitative estimate of drug-likeness (QED) is 0.0168. The molecule has 3 saturated heterocycles. The third-order valence-electron chi connectivity index (χ3n) is 28.5. The van der Waals surface area contributed by atoms with Gasteiger partial charge >= 0.3 is 18.1 Å². The number of carbonyl (C=O) groups excluding carboxylic acids is 18. The largest absolute Gasteiger partial charge is 0.377 e. The summed E-state index contributed by atoms with van der Waals surface area (Å²) >= 11 is 0. The van der Waals surface area contributed by atoms with Crippen molar-refractivity contribution in [3.05, 3.63) is 55.1 Å². The first-order valence-corrected chi connectivity index (χ1v) is 48.3. The molecule has 752 valence electrons. The molecule has 3 heterocycles. The Kier molecular flexibility index (Phi) is 35.9. The maximum Gasteiger partial charge on any atom is 0.316 e. The SMILES string of the molecule is C=CCNC(=O)C(=O)C(CCC)NC(=O)[C@@H]1[C@@H]2[C@H](CN1C(=O)[C@@H](NC(=O)N[C@H](C(=O)C(C)(C)C)C(C)C)C(C)(C)C)C2(C)C.C=CCNC(=O)C(=O)C(CCC)NC(=O)[C@@H]1[C@@H]2[C@H](CN1C(=O)[C@@H](NC(=O)N[C@H](C(=O)C1CC1)C(C)(C)C)C(C)(C)C)C2(C)C.CC(C)[C@H](NC(=O)N[C@H](C(=O)N1C[C@H]2[C@@H]([C@H]1C(=O)NC(CC1CC1)C(=O)C(N)=O)C2(C)C)C(C)(C)C)C(=O)c1ccccc1N(C)C. The van der Waals surface area contributed by atoms with Crippen LogP contribution in [0, 0.1) is 102 Å². The van der Waals surface area contributed by atoms with Crippen LogP contribution in [0.25, 0.3) is 0 Å². The second kappa shape index (κ2) is 43.5. The molecule has 8 fully saturated rings. The van der Waals surface area contributed by atoms with E-state index in [0.29, 0.717) is 44.5 Å². The number of anilines is 1. The van der Waals surface area contributed by atoms with E-state index < -0.39 is 188 Å². The Balaban J connectivity index is 0.000000276. The van der Waals surface area contributed by atoms with Gasteiger partial charge in [0.05, 0.1) is 36.3 Å². The molecule has 1 aromatic rings. The van der Waals surface area contributed by atoms with Gasteiger partial charge in [-0.2, -0.15) is 0 Å². The van der Waals surface area contributed by atoms with Crippen LogP contribution in [0.1, 0.15) is 255 Å². The molecule has 34 heteroatoms. The standard InChI is InChI=1S/C35H52N6O6.C33H53N5O6.C33H55N5O6/c1-18(2)25(27(42)20-12-10-11-13-23(20)40(8)9)38-33(47)39-29(34(3,4)5)32(46)41-17-21-24(35(21,6)7)26(41)31(45)37-22(16-19-14-15-19)28(43)30(36)44;1-11-13-20(24(40)28(42)34-16-12-2)35-27(41)22-21-19(33(21,9)10)17-38(22)29(43)26(32(6,7)8)37-30(44)36-25(31(3,4)5)23(39)18-14-15-18;1-13-15-20(24(39)28(42)34-16-14-2)35-27(41)23-21-19(33(21,11)12)17-38(23)29(43)25(31(5,6)7)37-30(44)36-22(18(3)4)26(40)32(8,9)10/h10-13,18-19,21-22,24-26,29H,14-17H2,1-9H3,(H2,36,44)(H,37,45)(H2,38,39,47);12,18-22,25-26H,2,11,13-17H2,1,3-10H3,(H,34,42)(H,35,41)(H2,36,37,44);14,18-23,25H,2,13,15-17H2,1,3-12H3,(H,34,42)(H,35,41)(H2,36,37,44)/t21-,22?,24-,25-,26-,29+;19-,20?,21-,22-,25+,26+;19-,20?,21-,22-,23-,25+/m000/s1. The lowest BCUT2D eigenvalue weighted by Crippen LogP contribution is -2.62. The normalized spacial score (nSPS) is 23.3. The number of para-hydroxylation sites is 1. The summed E-state index contributed by atoms with van der Waals surface area (Å²) in [7, 11) is 3.69. The van der Waals surface area contributed by atoms with Crippen LogP contribution in [0.4, 0.5) is 20.1 Å². The minimum atomic E-state index is -1.11. The van der Waals surface area contributed by atoms with Crippen molar-refractivity contribution in [2.24, 2.45) is 108 Å². The number of benzene rings is 1. The van der Waals surface area contributed by atoms with E-state index in [1.54, 1.807) is 32.9 Å². The maximum absolute atomic E-state index is 14.3. The first-order valence-electron chi connectivity index (χ1n) is 48.3. The van der Waals surface area contributed by atoms with Crippen LogP contribution in [0.2, 0.25) is 0 Å². The number of Topliss-reactive ketones (excluding diaryl/α,β-unsaturated/α-hetero) is 6. The highest BCUT2D eigenvalue weighted by molar-refractivity contribution is 6.39. The predicted molar refractivity (Wildman–Crippen MR) is 515 cm³/mol. The number of hydrogen-bond donors (Lipinski definition) is 12. The number of piperidine rings is 3. The zero-order valence-corrected chi connectivity index (χ0v) is 85.7. The molecule has 135 heavy (non-hydrogen) atoms. The van der Waals surface area contributed by atoms with Gasteiger partial charge in [0.2, 0.25) is 52.8 Å². The Morgan fingerprint density at radius 1 is 0.452 bits per heavy atom. The second-order valence-corrected chi connectivity index (χ2v) is 46.6. The van der Waals surface area contributed by atoms with E-state index in [1.165, 1.54) is 26.9 Å². The van der Waals surface area contributed by atoms with Crippen molar-refractivity contribution in [1.29, 1.82) is 0 Å². The number of primary amides is 1. The highest BCUT2D eigenvalue weighted by atomic mass is 16.2. The zero-order valence-electron chi connectivity index (χ0n) is 85.7. The first-order chi connectivity index (χ1) is 62.1. The molecule has 13 N–H and O–H groups in total. The van der Waals surface area contributed by atoms with Crippen LogP contribution in [-0.4, -0.2) is 240 Å². The molecule has 1 aromatic carbocycles. The number of urea groups is 3. The summed E-state index contributed by atoms with van der Waals surface area (Å²) in [5.41, 5.74) is 2.52. The Labute approximate surface area is 799 Å². The Morgan fingerprint density at radius 2 is 0.778 bits per heavy atom. The van der Waals surface area contributed by atoms with Gasteiger partial charge in [0, 0.05) is 69.4 Å². The lowest BCUT2D eigenvalue weighted by atomic mass is 9.82. The molecular formula is C101H160N16O18. The molecule has 8 aliphatic rings. The van der Waals surface area contributed by atoms with Gasteiger partial charge in [-0.3, -0.25) is 71.9 Å². The second-order valence-electron chi connectivity index (χ2n) is 46.6. The lowest BCUT2D eigenvalue weighted by Gasteiger charge is -2.38. The summed E-state index contributed by atoms with van der Waals surface area (Å²) < 4.78 is 0. The maximum atomic E-state index is 14.3. The molecule has 3 unspecified atom stereocenters. The van der Waals surface area contributed by atoms with Crippen molar-refractivity contribution in [1.82, 2.24) is 73.2 Å². The van der Waals surface area contributed by atoms with Crippen molar-refractivity contribution in [2.75, 3.05) is 51.7 Å². The van der Waals surface area contributed by atoms with Crippen LogP contribution >= 0.6 is 0 Å². The minimum Gasteiger partial charge on any atom is -0.377 e. The van der Waals surface area contributed by atoms with Crippen molar-refractivity contribution in [3.63, 3.8) is 0 Å². The molecule has 34 nitrogen and oxygen atoms in total. The first kappa shape index (κ1) is 112. The summed E-state index contributed by atoms with van der Waals surface area (Å²) in [6.45, 7) is 59.2. The molecule has 5 aliphatic carbocycles. The Morgan fingerprint density at radius 3 is 1.07 bits per heavy atom. The number of hydrogen-bond acceptors (Lipinski definition) is 19. The van der Waals surface area contributed by atoms with E-state index in [0.717, 1.165) is 31.4 Å². The van der Waals surface area contributed by atoms with Crippen molar-refractivity contribution < 1.29 is 86.3 Å². The number of ketones is 6. The minimum absolute atomic E-state index is 0.000707. The van der Waals surface area contributed by atoms with Crippen LogP contribution in [0.3, 0.4) is 0 Å². The van der Waals surface area contributed by atoms with Crippen molar-refractivity contribution in [2.45, 2.75) is 317 Å². The summed E-state index contributed by atoms with van der Waals surface area (Å²) in [6.07, 6.45) is 8.35.